The molecule has 0 rings (SSSR count). The van der Waals surface area contributed by atoms with Crippen molar-refractivity contribution in [3.8, 4) is 0 Å². The van der Waals surface area contributed by atoms with E-state index in [9.17, 15) is 0 Å². The molecule has 3 N–H and O–H groups in total. The fraction of sp³-hybridized carbons (Fsp3) is 0.500. The lowest BCUT2D eigenvalue weighted by atomic mass is 11.0. The van der Waals surface area contributed by atoms with E-state index in [1.807, 2.05) is 6.92 Å². The quantitative estimate of drug-likeness (QED) is 0.585. The van der Waals surface area contributed by atoms with Crippen LogP contribution in [0.25, 0.3) is 0 Å². The molecule has 0 aliphatic heterocycles. The average Bonchev–Trinajstić information content (AvgIpc) is 1.63. The van der Waals surface area contributed by atoms with Crippen LogP contribution in [0, 0.1) is 0 Å². The Kier molecular flexibility index (Phi) is 5.03. The zero-order chi connectivity index (χ0) is 7.28. The molecule has 0 aliphatic rings. The largest absolute Gasteiger partial charge is 0.376 e. The van der Waals surface area contributed by atoms with Gasteiger partial charge in [-0.25, -0.2) is 0 Å². The van der Waals surface area contributed by atoms with Gasteiger partial charge >= 0.3 is 0 Å². The first-order valence-electron chi connectivity index (χ1n) is 2.40. The molecule has 0 spiro atoms. The van der Waals surface area contributed by atoms with Crippen molar-refractivity contribution in [3.05, 3.63) is 0 Å². The summed E-state index contributed by atoms with van der Waals surface area (Å²) in [6.07, 6.45) is 0. The van der Waals surface area contributed by atoms with Gasteiger partial charge in [0.2, 0.25) is 0 Å². The van der Waals surface area contributed by atoms with Gasteiger partial charge in [0, 0.05) is 0 Å². The molecular formula is C4H8N2S3. The number of thioether (sulfide) groups is 1. The summed E-state index contributed by atoms with van der Waals surface area (Å²) in [5.74, 6) is 0.939. The van der Waals surface area contributed by atoms with E-state index in [4.69, 9.17) is 18.0 Å². The van der Waals surface area contributed by atoms with Crippen molar-refractivity contribution in [2.75, 3.05) is 5.75 Å². The van der Waals surface area contributed by atoms with E-state index in [0.29, 0.717) is 4.32 Å². The molecule has 0 aromatic heterocycles. The van der Waals surface area contributed by atoms with Gasteiger partial charge in [0.05, 0.1) is 0 Å². The van der Waals surface area contributed by atoms with Crippen LogP contribution in [0.1, 0.15) is 6.92 Å². The van der Waals surface area contributed by atoms with Gasteiger partial charge in [-0.15, -0.1) is 0 Å². The number of hydrogen-bond donors (Lipinski definition) is 2. The molecule has 0 aliphatic carbocycles. The summed E-state index contributed by atoms with van der Waals surface area (Å²) in [5.41, 5.74) is 5.14. The Labute approximate surface area is 69.6 Å². The molecule has 52 valence electrons. The molecule has 2 nitrogen and oxygen atoms in total. The third-order valence-corrected chi connectivity index (χ3v) is 1.71. The molecule has 0 atom stereocenters. The van der Waals surface area contributed by atoms with Crippen molar-refractivity contribution in [1.82, 2.24) is 5.32 Å². The minimum Gasteiger partial charge on any atom is -0.376 e. The second kappa shape index (κ2) is 4.96. The smallest absolute Gasteiger partial charge is 0.169 e. The molecule has 0 bridgehead atoms. The van der Waals surface area contributed by atoms with Crippen molar-refractivity contribution < 1.29 is 0 Å². The van der Waals surface area contributed by atoms with Gasteiger partial charge in [0.15, 0.2) is 5.11 Å². The zero-order valence-electron chi connectivity index (χ0n) is 5.01. The van der Waals surface area contributed by atoms with E-state index in [0.717, 1.165) is 5.75 Å². The highest BCUT2D eigenvalue weighted by Crippen LogP contribution is 1.98. The summed E-state index contributed by atoms with van der Waals surface area (Å²) < 4.78 is 0.644. The second-order valence-electron chi connectivity index (χ2n) is 1.21. The van der Waals surface area contributed by atoms with Crippen LogP contribution >= 0.6 is 36.2 Å². The molecule has 9 heavy (non-hydrogen) atoms. The SMILES string of the molecule is CCSC(=S)NC(N)=S. The van der Waals surface area contributed by atoms with E-state index >= 15 is 0 Å². The van der Waals surface area contributed by atoms with Crippen molar-refractivity contribution in [3.63, 3.8) is 0 Å². The minimum atomic E-state index is 0.237. The zero-order valence-corrected chi connectivity index (χ0v) is 7.46. The first-order chi connectivity index (χ1) is 4.16. The maximum Gasteiger partial charge on any atom is 0.169 e. The van der Waals surface area contributed by atoms with Crippen LogP contribution in [0.15, 0.2) is 0 Å². The summed E-state index contributed by atoms with van der Waals surface area (Å²) in [6.45, 7) is 2.01. The molecule has 0 unspecified atom stereocenters. The third kappa shape index (κ3) is 6.01. The van der Waals surface area contributed by atoms with Crippen LogP contribution in [0.4, 0.5) is 0 Å². The van der Waals surface area contributed by atoms with E-state index in [1.165, 1.54) is 11.8 Å². The van der Waals surface area contributed by atoms with E-state index in [-0.39, 0.29) is 5.11 Å². The Balaban J connectivity index is 3.39. The van der Waals surface area contributed by atoms with Crippen LogP contribution < -0.4 is 11.1 Å². The second-order valence-corrected chi connectivity index (χ2v) is 3.59. The Morgan fingerprint density at radius 2 is 2.22 bits per heavy atom. The lowest BCUT2D eigenvalue weighted by Crippen LogP contribution is -2.31. The maximum absolute atomic E-state index is 5.14. The first-order valence-corrected chi connectivity index (χ1v) is 4.20. The number of nitrogens with one attached hydrogen (secondary N) is 1. The van der Waals surface area contributed by atoms with Gasteiger partial charge in [-0.2, -0.15) is 0 Å². The maximum atomic E-state index is 5.14. The van der Waals surface area contributed by atoms with Crippen LogP contribution in [0.3, 0.4) is 0 Å². The van der Waals surface area contributed by atoms with Crippen LogP contribution in [-0.2, 0) is 0 Å². The van der Waals surface area contributed by atoms with Crippen molar-refractivity contribution in [1.29, 1.82) is 0 Å². The lowest BCUT2D eigenvalue weighted by molar-refractivity contribution is 1.43. The molecule has 0 saturated heterocycles. The highest BCUT2D eigenvalue weighted by molar-refractivity contribution is 8.23. The topological polar surface area (TPSA) is 38.0 Å². The third-order valence-electron chi connectivity index (χ3n) is 0.501. The van der Waals surface area contributed by atoms with Gasteiger partial charge in [-0.05, 0) is 18.0 Å². The Morgan fingerprint density at radius 1 is 1.67 bits per heavy atom. The molecule has 0 radical (unpaired) electrons. The molecule has 0 saturated carbocycles. The van der Waals surface area contributed by atoms with E-state index < -0.39 is 0 Å². The van der Waals surface area contributed by atoms with Gasteiger partial charge < -0.3 is 11.1 Å². The Hall–Kier alpha value is 0.130. The Morgan fingerprint density at radius 3 is 2.56 bits per heavy atom. The van der Waals surface area contributed by atoms with Crippen LogP contribution in [-0.4, -0.2) is 15.2 Å². The number of thiocarbonyl (C=S) groups is 2. The number of hydrogen-bond acceptors (Lipinski definition) is 3. The fourth-order valence-corrected chi connectivity index (χ4v) is 1.41. The normalized spacial score (nSPS) is 8.56. The van der Waals surface area contributed by atoms with Crippen molar-refractivity contribution in [2.45, 2.75) is 6.92 Å². The van der Waals surface area contributed by atoms with E-state index in [1.54, 1.807) is 0 Å². The van der Waals surface area contributed by atoms with Crippen molar-refractivity contribution >= 4 is 45.6 Å². The standard InChI is InChI=1S/C4H8N2S3/c1-2-9-4(8)6-3(5)7/h2H2,1H3,(H3,5,6,7,8). The fourth-order valence-electron chi connectivity index (χ4n) is 0.268. The number of nitrogens with two attached hydrogens (primary N) is 1. The van der Waals surface area contributed by atoms with Gasteiger partial charge in [0.1, 0.15) is 4.32 Å². The summed E-state index contributed by atoms with van der Waals surface area (Å²) in [5, 5.41) is 2.88. The molecule has 0 amide bonds. The van der Waals surface area contributed by atoms with Gasteiger partial charge in [-0.3, -0.25) is 0 Å². The van der Waals surface area contributed by atoms with Gasteiger partial charge in [-0.1, -0.05) is 30.9 Å². The molecule has 0 aromatic rings. The Bertz CT molecular complexity index is 123. The molecule has 5 heteroatoms. The molecular weight excluding hydrogens is 172 g/mol. The predicted molar refractivity (Wildman–Crippen MR) is 50.7 cm³/mol. The summed E-state index contributed by atoms with van der Waals surface area (Å²) in [6, 6.07) is 0. The van der Waals surface area contributed by atoms with Crippen LogP contribution in [0.2, 0.25) is 0 Å². The van der Waals surface area contributed by atoms with Gasteiger partial charge in [0.25, 0.3) is 0 Å². The molecule has 0 heterocycles. The highest BCUT2D eigenvalue weighted by atomic mass is 32.2. The predicted octanol–water partition coefficient (Wildman–Crippen LogP) is 0.858. The molecule has 0 aromatic carbocycles. The highest BCUT2D eigenvalue weighted by Gasteiger charge is 1.93. The molecule has 0 fully saturated rings. The van der Waals surface area contributed by atoms with Crippen LogP contribution in [0.5, 0.6) is 0 Å². The van der Waals surface area contributed by atoms with Crippen molar-refractivity contribution in [2.24, 2.45) is 5.73 Å². The summed E-state index contributed by atoms with van der Waals surface area (Å²) in [4.78, 5) is 0. The summed E-state index contributed by atoms with van der Waals surface area (Å²) >= 11 is 10.9. The minimum absolute atomic E-state index is 0.237. The van der Waals surface area contributed by atoms with E-state index in [2.05, 4.69) is 17.5 Å². The summed E-state index contributed by atoms with van der Waals surface area (Å²) in [7, 11) is 0. The lowest BCUT2D eigenvalue weighted by Gasteiger charge is -2.01. The average molecular weight is 180 g/mol. The first kappa shape index (κ1) is 9.13. The number of rotatable bonds is 1. The monoisotopic (exact) mass is 180 g/mol.